The molecule has 0 aliphatic carbocycles. The van der Waals surface area contributed by atoms with Crippen LogP contribution in [0.15, 0.2) is 48.5 Å². The van der Waals surface area contributed by atoms with Gasteiger partial charge in [0.1, 0.15) is 6.54 Å². The largest absolute Gasteiger partial charge is 0.416 e. The predicted molar refractivity (Wildman–Crippen MR) is 115 cm³/mol. The predicted octanol–water partition coefficient (Wildman–Crippen LogP) is 5.03. The zero-order valence-electron chi connectivity index (χ0n) is 17.4. The maximum atomic E-state index is 13.0. The van der Waals surface area contributed by atoms with Crippen molar-refractivity contribution in [1.82, 2.24) is 20.1 Å². The molecule has 1 heterocycles. The van der Waals surface area contributed by atoms with E-state index in [0.29, 0.717) is 16.2 Å². The second kappa shape index (κ2) is 8.66. The smallest absolute Gasteiger partial charge is 0.354 e. The highest BCUT2D eigenvalue weighted by atomic mass is 32.1. The number of hydrogen-bond acceptors (Lipinski definition) is 3. The van der Waals surface area contributed by atoms with Crippen LogP contribution in [0.3, 0.4) is 0 Å². The summed E-state index contributed by atoms with van der Waals surface area (Å²) in [7, 11) is 0. The van der Waals surface area contributed by atoms with Crippen LogP contribution in [0.2, 0.25) is 0 Å². The highest BCUT2D eigenvalue weighted by Gasteiger charge is 2.32. The molecule has 0 radical (unpaired) electrons. The van der Waals surface area contributed by atoms with E-state index in [2.05, 4.69) is 15.5 Å². The summed E-state index contributed by atoms with van der Waals surface area (Å²) in [6, 6.07) is 12.8. The number of benzene rings is 2. The second-order valence-corrected chi connectivity index (χ2v) is 8.43. The lowest BCUT2D eigenvalue weighted by Crippen LogP contribution is -2.38. The molecule has 5 nitrogen and oxygen atoms in total. The van der Waals surface area contributed by atoms with E-state index in [0.717, 1.165) is 23.3 Å². The number of amides is 1. The summed E-state index contributed by atoms with van der Waals surface area (Å²) in [6.45, 7) is 5.63. The van der Waals surface area contributed by atoms with Gasteiger partial charge in [0.25, 0.3) is 0 Å². The second-order valence-electron chi connectivity index (χ2n) is 8.05. The van der Waals surface area contributed by atoms with Gasteiger partial charge in [-0.2, -0.15) is 18.3 Å². The van der Waals surface area contributed by atoms with Crippen molar-refractivity contribution >= 4 is 18.1 Å². The van der Waals surface area contributed by atoms with Gasteiger partial charge >= 0.3 is 6.18 Å². The average molecular weight is 449 g/mol. The van der Waals surface area contributed by atoms with Gasteiger partial charge < -0.3 is 5.32 Å². The molecule has 0 spiro atoms. The fourth-order valence-corrected chi connectivity index (χ4v) is 3.40. The van der Waals surface area contributed by atoms with Crippen LogP contribution < -0.4 is 5.32 Å². The number of rotatable bonds is 6. The summed E-state index contributed by atoms with van der Waals surface area (Å²) < 4.78 is 41.0. The van der Waals surface area contributed by atoms with Crippen molar-refractivity contribution in [3.63, 3.8) is 0 Å². The summed E-state index contributed by atoms with van der Waals surface area (Å²) in [4.78, 5) is 12.6. The van der Waals surface area contributed by atoms with Crippen LogP contribution in [0, 0.1) is 11.7 Å². The van der Waals surface area contributed by atoms with Gasteiger partial charge in [-0.05, 0) is 36.8 Å². The third-order valence-electron chi connectivity index (χ3n) is 5.04. The van der Waals surface area contributed by atoms with Gasteiger partial charge in [-0.25, -0.2) is 0 Å². The number of H-pyrrole nitrogens is 1. The van der Waals surface area contributed by atoms with Gasteiger partial charge in [0.15, 0.2) is 10.6 Å². The average Bonchev–Trinajstić information content (AvgIpc) is 3.06. The van der Waals surface area contributed by atoms with Crippen molar-refractivity contribution in [2.45, 2.75) is 38.9 Å². The normalized spacial score (nSPS) is 12.1. The molecule has 0 bridgehead atoms. The van der Waals surface area contributed by atoms with E-state index in [4.69, 9.17) is 12.2 Å². The first kappa shape index (κ1) is 22.7. The summed E-state index contributed by atoms with van der Waals surface area (Å²) >= 11 is 5.27. The minimum atomic E-state index is -4.42. The number of aryl methyl sites for hydroxylation is 1. The number of aromatic amines is 1. The number of aromatic nitrogens is 3. The standard InChI is InChI=1S/C22H23F3N4OS/c1-14-6-4-7-15(10-14)19-27-28-20(31)29(19)12-18(30)26-13-21(2,3)16-8-5-9-17(11-16)22(23,24)25/h4-11H,12-13H2,1-3H3,(H,26,30)(H,28,31). The Morgan fingerprint density at radius 2 is 1.81 bits per heavy atom. The van der Waals surface area contributed by atoms with Gasteiger partial charge in [-0.15, -0.1) is 0 Å². The number of carbonyl (C=O) groups excluding carboxylic acids is 1. The van der Waals surface area contributed by atoms with Crippen LogP contribution in [0.1, 0.15) is 30.5 Å². The summed E-state index contributed by atoms with van der Waals surface area (Å²) in [5.74, 6) is 0.229. The lowest BCUT2D eigenvalue weighted by Gasteiger charge is -2.26. The Kier molecular flexibility index (Phi) is 6.35. The number of nitrogens with one attached hydrogen (secondary N) is 2. The summed E-state index contributed by atoms with van der Waals surface area (Å²) in [5.41, 5.74) is 0.948. The third kappa shape index (κ3) is 5.41. The minimum Gasteiger partial charge on any atom is -0.354 e. The molecule has 31 heavy (non-hydrogen) atoms. The summed E-state index contributed by atoms with van der Waals surface area (Å²) in [5, 5.41) is 9.74. The molecule has 3 aromatic rings. The first-order valence-electron chi connectivity index (χ1n) is 9.64. The van der Waals surface area contributed by atoms with Crippen molar-refractivity contribution in [2.75, 3.05) is 6.54 Å². The molecule has 3 rings (SSSR count). The van der Waals surface area contributed by atoms with Crippen LogP contribution in [-0.2, 0) is 22.9 Å². The maximum absolute atomic E-state index is 13.0. The fraction of sp³-hybridized carbons (Fsp3) is 0.318. The zero-order valence-corrected chi connectivity index (χ0v) is 18.2. The molecule has 9 heteroatoms. The molecule has 1 amide bonds. The highest BCUT2D eigenvalue weighted by Crippen LogP contribution is 2.32. The maximum Gasteiger partial charge on any atom is 0.416 e. The van der Waals surface area contributed by atoms with Crippen LogP contribution in [0.4, 0.5) is 13.2 Å². The topological polar surface area (TPSA) is 62.7 Å². The van der Waals surface area contributed by atoms with E-state index in [1.54, 1.807) is 24.5 Å². The molecule has 0 aliphatic rings. The number of carbonyl (C=O) groups is 1. The van der Waals surface area contributed by atoms with Crippen molar-refractivity contribution in [3.8, 4) is 11.4 Å². The zero-order chi connectivity index (χ0) is 22.8. The van der Waals surface area contributed by atoms with E-state index < -0.39 is 17.2 Å². The molecule has 0 unspecified atom stereocenters. The van der Waals surface area contributed by atoms with Gasteiger partial charge in [0.05, 0.1) is 5.56 Å². The quantitative estimate of drug-likeness (QED) is 0.520. The van der Waals surface area contributed by atoms with Crippen LogP contribution >= 0.6 is 12.2 Å². The van der Waals surface area contributed by atoms with Crippen LogP contribution in [0.25, 0.3) is 11.4 Å². The fourth-order valence-electron chi connectivity index (χ4n) is 3.21. The molecule has 2 N–H and O–H groups in total. The molecule has 0 fully saturated rings. The molecule has 164 valence electrons. The van der Waals surface area contributed by atoms with Crippen LogP contribution in [-0.4, -0.2) is 27.2 Å². The molecular weight excluding hydrogens is 425 g/mol. The van der Waals surface area contributed by atoms with Crippen molar-refractivity contribution in [2.24, 2.45) is 0 Å². The van der Waals surface area contributed by atoms with Gasteiger partial charge in [0.2, 0.25) is 5.91 Å². The summed E-state index contributed by atoms with van der Waals surface area (Å²) in [6.07, 6.45) is -4.42. The lowest BCUT2D eigenvalue weighted by atomic mass is 9.83. The monoisotopic (exact) mass is 448 g/mol. The van der Waals surface area contributed by atoms with Crippen molar-refractivity contribution in [3.05, 3.63) is 70.0 Å². The molecular formula is C22H23F3N4OS. The molecule has 0 atom stereocenters. The van der Waals surface area contributed by atoms with E-state index in [1.165, 1.54) is 6.07 Å². The third-order valence-corrected chi connectivity index (χ3v) is 5.35. The number of halogens is 3. The molecule has 0 saturated carbocycles. The van der Waals surface area contributed by atoms with Gasteiger partial charge in [-0.3, -0.25) is 14.5 Å². The Balaban J connectivity index is 1.73. The Bertz CT molecular complexity index is 1150. The van der Waals surface area contributed by atoms with Crippen molar-refractivity contribution in [1.29, 1.82) is 0 Å². The van der Waals surface area contributed by atoms with E-state index in [1.807, 2.05) is 31.2 Å². The Morgan fingerprint density at radius 3 is 2.48 bits per heavy atom. The van der Waals surface area contributed by atoms with Crippen molar-refractivity contribution < 1.29 is 18.0 Å². The highest BCUT2D eigenvalue weighted by molar-refractivity contribution is 7.71. The van der Waals surface area contributed by atoms with E-state index in [9.17, 15) is 18.0 Å². The van der Waals surface area contributed by atoms with E-state index in [-0.39, 0.29) is 19.0 Å². The number of alkyl halides is 3. The first-order chi connectivity index (χ1) is 14.5. The van der Waals surface area contributed by atoms with E-state index >= 15 is 0 Å². The minimum absolute atomic E-state index is 0.0583. The van der Waals surface area contributed by atoms with Gasteiger partial charge in [-0.1, -0.05) is 55.8 Å². The first-order valence-corrected chi connectivity index (χ1v) is 10.0. The molecule has 0 aliphatic heterocycles. The molecule has 0 saturated heterocycles. The van der Waals surface area contributed by atoms with Crippen LogP contribution in [0.5, 0.6) is 0 Å². The van der Waals surface area contributed by atoms with Gasteiger partial charge in [0, 0.05) is 17.5 Å². The Labute approximate surface area is 183 Å². The number of nitrogens with zero attached hydrogens (tertiary/aromatic N) is 2. The lowest BCUT2D eigenvalue weighted by molar-refractivity contribution is -0.137. The number of hydrogen-bond donors (Lipinski definition) is 2. The SMILES string of the molecule is Cc1cccc(-c2n[nH]c(=S)n2CC(=O)NCC(C)(C)c2cccc(C(F)(F)F)c2)c1. The Hall–Kier alpha value is -2.94. The molecule has 2 aromatic carbocycles. The Morgan fingerprint density at radius 1 is 1.13 bits per heavy atom. The molecule has 1 aromatic heterocycles.